The number of carbonyl (C=O) groups is 1. The maximum atomic E-state index is 11.9. The first-order valence-corrected chi connectivity index (χ1v) is 5.66. The van der Waals surface area contributed by atoms with Crippen molar-refractivity contribution in [2.45, 2.75) is 26.4 Å². The number of carbonyl (C=O) groups excluding carboxylic acids is 1. The summed E-state index contributed by atoms with van der Waals surface area (Å²) in [5.41, 5.74) is -0.663. The summed E-state index contributed by atoms with van der Waals surface area (Å²) in [4.78, 5) is 29.9. The molecular weight excluding hydrogens is 258 g/mol. The van der Waals surface area contributed by atoms with Gasteiger partial charge in [0.25, 0.3) is 5.56 Å². The van der Waals surface area contributed by atoms with E-state index >= 15 is 0 Å². The molecule has 2 aromatic rings. The predicted octanol–water partition coefficient (Wildman–Crippen LogP) is 2.16. The predicted molar refractivity (Wildman–Crippen MR) is 67.0 cm³/mol. The first-order valence-electron chi connectivity index (χ1n) is 5.28. The van der Waals surface area contributed by atoms with Gasteiger partial charge >= 0.3 is 6.09 Å². The van der Waals surface area contributed by atoms with Gasteiger partial charge in [0.1, 0.15) is 11.1 Å². The summed E-state index contributed by atoms with van der Waals surface area (Å²) in [5.74, 6) is 0. The van der Waals surface area contributed by atoms with Gasteiger partial charge in [0.2, 0.25) is 5.28 Å². The van der Waals surface area contributed by atoms with Crippen LogP contribution in [0.1, 0.15) is 20.8 Å². The highest BCUT2D eigenvalue weighted by atomic mass is 35.5. The van der Waals surface area contributed by atoms with E-state index in [-0.39, 0.29) is 10.8 Å². The lowest BCUT2D eigenvalue weighted by Crippen LogP contribution is -2.28. The molecule has 0 aliphatic rings. The number of ether oxygens (including phenoxy) is 1. The summed E-state index contributed by atoms with van der Waals surface area (Å²) < 4.78 is 6.30. The molecular formula is C11H12ClN3O3. The molecule has 0 aromatic carbocycles. The normalized spacial score (nSPS) is 11.8. The van der Waals surface area contributed by atoms with Crippen molar-refractivity contribution in [1.29, 1.82) is 0 Å². The number of H-pyrrole nitrogens is 1. The van der Waals surface area contributed by atoms with Crippen LogP contribution in [-0.4, -0.2) is 26.2 Å². The molecule has 0 saturated carbocycles. The first kappa shape index (κ1) is 12.6. The second kappa shape index (κ2) is 4.13. The molecule has 2 heterocycles. The molecule has 0 atom stereocenters. The Morgan fingerprint density at radius 2 is 2.17 bits per heavy atom. The number of nitrogens with one attached hydrogen (secondary N) is 1. The van der Waals surface area contributed by atoms with Crippen molar-refractivity contribution in [3.05, 3.63) is 27.9 Å². The van der Waals surface area contributed by atoms with Gasteiger partial charge in [-0.15, -0.1) is 0 Å². The van der Waals surface area contributed by atoms with Gasteiger partial charge in [-0.2, -0.15) is 0 Å². The molecule has 18 heavy (non-hydrogen) atoms. The zero-order valence-corrected chi connectivity index (χ0v) is 10.9. The van der Waals surface area contributed by atoms with Gasteiger partial charge in [0.15, 0.2) is 0 Å². The van der Waals surface area contributed by atoms with Gasteiger partial charge in [-0.05, 0) is 38.4 Å². The van der Waals surface area contributed by atoms with Crippen LogP contribution in [0.2, 0.25) is 5.28 Å². The number of hydrogen-bond donors (Lipinski definition) is 1. The van der Waals surface area contributed by atoms with E-state index in [2.05, 4.69) is 9.97 Å². The summed E-state index contributed by atoms with van der Waals surface area (Å²) in [6, 6.07) is 1.53. The molecule has 0 aliphatic carbocycles. The third kappa shape index (κ3) is 2.38. The maximum absolute atomic E-state index is 11.9. The number of aromatic nitrogens is 3. The average molecular weight is 270 g/mol. The van der Waals surface area contributed by atoms with Crippen molar-refractivity contribution in [2.24, 2.45) is 0 Å². The van der Waals surface area contributed by atoms with E-state index in [0.717, 1.165) is 4.57 Å². The molecule has 1 N–H and O–H groups in total. The maximum Gasteiger partial charge on any atom is 0.419 e. The molecule has 0 amide bonds. The Bertz CT molecular complexity index is 666. The molecule has 6 nitrogen and oxygen atoms in total. The highest BCUT2D eigenvalue weighted by Crippen LogP contribution is 2.14. The SMILES string of the molecule is CC(C)(C)OC(=O)n1ccc2nc(Cl)[nH]c(=O)c21. The largest absolute Gasteiger partial charge is 0.443 e. The van der Waals surface area contributed by atoms with Crippen LogP contribution in [0.15, 0.2) is 17.1 Å². The quantitative estimate of drug-likeness (QED) is 0.744. The van der Waals surface area contributed by atoms with E-state index in [4.69, 9.17) is 16.3 Å². The minimum atomic E-state index is -0.639. The summed E-state index contributed by atoms with van der Waals surface area (Å²) in [6.45, 7) is 5.24. The zero-order valence-electron chi connectivity index (χ0n) is 10.2. The Kier molecular flexibility index (Phi) is 2.90. The number of rotatable bonds is 0. The standard InChI is InChI=1S/C11H12ClN3O3/c1-11(2,3)18-10(17)15-5-4-6-7(15)8(16)14-9(12)13-6/h4-5H,1-3H3,(H,13,14,16). The monoisotopic (exact) mass is 269 g/mol. The van der Waals surface area contributed by atoms with E-state index in [0.29, 0.717) is 5.52 Å². The van der Waals surface area contributed by atoms with E-state index in [1.165, 1.54) is 12.3 Å². The van der Waals surface area contributed by atoms with Gasteiger partial charge in [-0.3, -0.25) is 9.78 Å². The summed E-state index contributed by atoms with van der Waals surface area (Å²) >= 11 is 5.63. The van der Waals surface area contributed by atoms with Crippen LogP contribution >= 0.6 is 11.6 Å². The lowest BCUT2D eigenvalue weighted by Gasteiger charge is -2.19. The van der Waals surface area contributed by atoms with Gasteiger partial charge in [0, 0.05) is 6.20 Å². The van der Waals surface area contributed by atoms with Crippen LogP contribution in [0.25, 0.3) is 11.0 Å². The van der Waals surface area contributed by atoms with E-state index < -0.39 is 17.3 Å². The van der Waals surface area contributed by atoms with Crippen LogP contribution < -0.4 is 5.56 Å². The van der Waals surface area contributed by atoms with Gasteiger partial charge in [0.05, 0.1) is 5.52 Å². The summed E-state index contributed by atoms with van der Waals surface area (Å²) in [7, 11) is 0. The lowest BCUT2D eigenvalue weighted by molar-refractivity contribution is 0.0544. The Labute approximate surface area is 108 Å². The van der Waals surface area contributed by atoms with Crippen molar-refractivity contribution < 1.29 is 9.53 Å². The van der Waals surface area contributed by atoms with Gasteiger partial charge in [-0.25, -0.2) is 14.3 Å². The van der Waals surface area contributed by atoms with Crippen molar-refractivity contribution >= 4 is 28.7 Å². The molecule has 0 unspecified atom stereocenters. The second-order valence-corrected chi connectivity index (χ2v) is 5.11. The van der Waals surface area contributed by atoms with E-state index in [1.54, 1.807) is 20.8 Å². The molecule has 2 aromatic heterocycles. The Balaban J connectivity index is 2.53. The van der Waals surface area contributed by atoms with E-state index in [9.17, 15) is 9.59 Å². The third-order valence-electron chi connectivity index (χ3n) is 2.11. The Hall–Kier alpha value is -1.82. The number of halogens is 1. The molecule has 96 valence electrons. The minimum absolute atomic E-state index is 0.0190. The fourth-order valence-electron chi connectivity index (χ4n) is 1.49. The second-order valence-electron chi connectivity index (χ2n) is 4.76. The third-order valence-corrected chi connectivity index (χ3v) is 2.28. The number of hydrogen-bond acceptors (Lipinski definition) is 4. The highest BCUT2D eigenvalue weighted by molar-refractivity contribution is 6.28. The Morgan fingerprint density at radius 3 is 2.78 bits per heavy atom. The topological polar surface area (TPSA) is 77.0 Å². The number of aromatic amines is 1. The number of fused-ring (bicyclic) bond motifs is 1. The first-order chi connectivity index (χ1) is 8.28. The summed E-state index contributed by atoms with van der Waals surface area (Å²) in [5, 5.41) is -0.0190. The van der Waals surface area contributed by atoms with E-state index in [1.807, 2.05) is 0 Å². The lowest BCUT2D eigenvalue weighted by atomic mass is 10.2. The molecule has 0 saturated heterocycles. The zero-order chi connectivity index (χ0) is 13.5. The molecule has 0 bridgehead atoms. The van der Waals surface area contributed by atoms with Gasteiger partial charge in [-0.1, -0.05) is 0 Å². The highest BCUT2D eigenvalue weighted by Gasteiger charge is 2.20. The molecule has 0 spiro atoms. The van der Waals surface area contributed by atoms with Crippen LogP contribution in [0, 0.1) is 0 Å². The fraction of sp³-hybridized carbons (Fsp3) is 0.364. The van der Waals surface area contributed by atoms with Crippen molar-refractivity contribution in [1.82, 2.24) is 14.5 Å². The summed E-state index contributed by atoms with van der Waals surface area (Å²) in [6.07, 6.45) is 0.796. The number of nitrogens with zero attached hydrogens (tertiary/aromatic N) is 2. The smallest absolute Gasteiger partial charge is 0.419 e. The molecule has 0 aliphatic heterocycles. The van der Waals surface area contributed by atoms with Crippen LogP contribution in [0.4, 0.5) is 4.79 Å². The molecule has 0 radical (unpaired) electrons. The van der Waals surface area contributed by atoms with Gasteiger partial charge < -0.3 is 4.74 Å². The van der Waals surface area contributed by atoms with Crippen molar-refractivity contribution in [2.75, 3.05) is 0 Å². The van der Waals surface area contributed by atoms with Crippen molar-refractivity contribution in [3.63, 3.8) is 0 Å². The fourth-order valence-corrected chi connectivity index (χ4v) is 1.66. The van der Waals surface area contributed by atoms with Crippen molar-refractivity contribution in [3.8, 4) is 0 Å². The molecule has 2 rings (SSSR count). The minimum Gasteiger partial charge on any atom is -0.443 e. The Morgan fingerprint density at radius 1 is 1.50 bits per heavy atom. The van der Waals surface area contributed by atoms with Crippen LogP contribution in [0.5, 0.6) is 0 Å². The molecule has 7 heteroatoms. The molecule has 0 fully saturated rings. The van der Waals surface area contributed by atoms with Crippen LogP contribution in [0.3, 0.4) is 0 Å². The average Bonchev–Trinajstić information content (AvgIpc) is 2.58. The van der Waals surface area contributed by atoms with Crippen LogP contribution in [-0.2, 0) is 4.74 Å².